The van der Waals surface area contributed by atoms with Crippen LogP contribution in [0.4, 0.5) is 5.13 Å². The van der Waals surface area contributed by atoms with Gasteiger partial charge in [0.2, 0.25) is 16.0 Å². The Balaban J connectivity index is 1.49. The van der Waals surface area contributed by atoms with E-state index in [1.54, 1.807) is 4.52 Å². The summed E-state index contributed by atoms with van der Waals surface area (Å²) in [6.45, 7) is 7.87. The molecule has 1 aliphatic rings. The van der Waals surface area contributed by atoms with Gasteiger partial charge in [0.15, 0.2) is 0 Å². The van der Waals surface area contributed by atoms with Gasteiger partial charge in [-0.1, -0.05) is 11.3 Å². The number of anilines is 1. The van der Waals surface area contributed by atoms with Crippen LogP contribution in [0.5, 0.6) is 0 Å². The molecule has 1 N–H and O–H groups in total. The molecule has 1 fully saturated rings. The van der Waals surface area contributed by atoms with E-state index in [2.05, 4.69) is 15.4 Å². The van der Waals surface area contributed by atoms with E-state index in [4.69, 9.17) is 4.74 Å². The van der Waals surface area contributed by atoms with Crippen LogP contribution in [0.3, 0.4) is 0 Å². The molecule has 0 aliphatic carbocycles. The minimum atomic E-state index is 0.107. The molecule has 2 aromatic heterocycles. The van der Waals surface area contributed by atoms with Gasteiger partial charge in [0.25, 0.3) is 0 Å². The summed E-state index contributed by atoms with van der Waals surface area (Å²) in [6.07, 6.45) is 2.56. The monoisotopic (exact) mass is 323 g/mol. The van der Waals surface area contributed by atoms with Gasteiger partial charge >= 0.3 is 0 Å². The lowest BCUT2D eigenvalue weighted by molar-refractivity contribution is -0.142. The Morgan fingerprint density at radius 1 is 1.45 bits per heavy atom. The van der Waals surface area contributed by atoms with Gasteiger partial charge in [-0.3, -0.25) is 4.79 Å². The first-order valence-electron chi connectivity index (χ1n) is 7.51. The van der Waals surface area contributed by atoms with Crippen LogP contribution in [0.2, 0.25) is 0 Å². The molecule has 3 rings (SSSR count). The first-order valence-corrected chi connectivity index (χ1v) is 8.33. The lowest BCUT2D eigenvalue weighted by atomic mass is 10.2. The number of carbonyl (C=O) groups excluding carboxylic acids is 1. The highest BCUT2D eigenvalue weighted by Gasteiger charge is 2.25. The Morgan fingerprint density at radius 2 is 2.18 bits per heavy atom. The number of carbonyl (C=O) groups is 1. The summed E-state index contributed by atoms with van der Waals surface area (Å²) in [7, 11) is 0. The first kappa shape index (κ1) is 15.2. The van der Waals surface area contributed by atoms with Crippen LogP contribution in [-0.2, 0) is 9.53 Å². The van der Waals surface area contributed by atoms with Gasteiger partial charge in [-0.15, -0.1) is 5.10 Å². The summed E-state index contributed by atoms with van der Waals surface area (Å²) in [5.74, 6) is 0.159. The van der Waals surface area contributed by atoms with Crippen LogP contribution >= 0.6 is 11.3 Å². The van der Waals surface area contributed by atoms with Crippen molar-refractivity contribution in [2.45, 2.75) is 39.4 Å². The van der Waals surface area contributed by atoms with Crippen LogP contribution < -0.4 is 5.32 Å². The maximum Gasteiger partial charge on any atom is 0.224 e. The van der Waals surface area contributed by atoms with Crippen molar-refractivity contribution in [3.05, 3.63) is 11.9 Å². The molecule has 7 nitrogen and oxygen atoms in total. The van der Waals surface area contributed by atoms with Gasteiger partial charge in [-0.2, -0.15) is 0 Å². The third-order valence-corrected chi connectivity index (χ3v) is 4.43. The Morgan fingerprint density at radius 3 is 2.86 bits per heavy atom. The van der Waals surface area contributed by atoms with E-state index in [1.165, 1.54) is 11.3 Å². The number of hydrogen-bond acceptors (Lipinski definition) is 6. The number of morpholine rings is 1. The predicted octanol–water partition coefficient (Wildman–Crippen LogP) is 1.54. The zero-order chi connectivity index (χ0) is 15.7. The number of imidazole rings is 1. The second-order valence-electron chi connectivity index (χ2n) is 5.75. The number of aryl methyl sites for hydroxylation is 1. The van der Waals surface area contributed by atoms with Crippen LogP contribution in [0, 0.1) is 6.92 Å². The number of aromatic nitrogens is 3. The zero-order valence-electron chi connectivity index (χ0n) is 13.1. The smallest absolute Gasteiger partial charge is 0.224 e. The number of nitrogens with one attached hydrogen (secondary N) is 1. The second-order valence-corrected chi connectivity index (χ2v) is 6.71. The van der Waals surface area contributed by atoms with E-state index in [1.807, 2.05) is 31.9 Å². The summed E-state index contributed by atoms with van der Waals surface area (Å²) in [5, 5.41) is 8.37. The topological polar surface area (TPSA) is 71.8 Å². The van der Waals surface area contributed by atoms with Gasteiger partial charge < -0.3 is 15.0 Å². The molecule has 1 amide bonds. The molecule has 120 valence electrons. The first-order chi connectivity index (χ1) is 10.5. The van der Waals surface area contributed by atoms with Gasteiger partial charge in [0.05, 0.1) is 24.1 Å². The number of nitrogens with zero attached hydrogens (tertiary/aromatic N) is 4. The van der Waals surface area contributed by atoms with Crippen molar-refractivity contribution < 1.29 is 9.53 Å². The summed E-state index contributed by atoms with van der Waals surface area (Å²) < 4.78 is 7.41. The number of hydrogen-bond donors (Lipinski definition) is 1. The van der Waals surface area contributed by atoms with Gasteiger partial charge in [0.1, 0.15) is 0 Å². The number of amides is 1. The molecule has 0 radical (unpaired) electrons. The molecule has 2 aromatic rings. The third-order valence-electron chi connectivity index (χ3n) is 3.55. The number of rotatable bonds is 4. The second kappa shape index (κ2) is 6.21. The maximum absolute atomic E-state index is 12.2. The fourth-order valence-electron chi connectivity index (χ4n) is 2.70. The van der Waals surface area contributed by atoms with Crippen molar-refractivity contribution in [1.29, 1.82) is 0 Å². The molecule has 8 heteroatoms. The van der Waals surface area contributed by atoms with Crippen molar-refractivity contribution in [3.8, 4) is 0 Å². The lowest BCUT2D eigenvalue weighted by Crippen LogP contribution is -2.48. The SMILES string of the molecule is Cc1cn2nc(NCCC(=O)N3CC(C)OC(C)C3)sc2n1. The largest absolute Gasteiger partial charge is 0.372 e. The van der Waals surface area contributed by atoms with Crippen molar-refractivity contribution in [1.82, 2.24) is 19.5 Å². The van der Waals surface area contributed by atoms with Gasteiger partial charge in [0, 0.05) is 26.1 Å². The molecule has 1 aliphatic heterocycles. The Kier molecular flexibility index (Phi) is 4.30. The predicted molar refractivity (Wildman–Crippen MR) is 85.3 cm³/mol. The summed E-state index contributed by atoms with van der Waals surface area (Å²) >= 11 is 1.49. The van der Waals surface area contributed by atoms with Crippen LogP contribution in [-0.4, -0.2) is 57.2 Å². The van der Waals surface area contributed by atoms with Crippen molar-refractivity contribution in [2.24, 2.45) is 0 Å². The molecule has 0 spiro atoms. The molecule has 3 heterocycles. The highest BCUT2D eigenvalue weighted by molar-refractivity contribution is 7.20. The average Bonchev–Trinajstić information content (AvgIpc) is 2.94. The molecular formula is C14H21N5O2S. The standard InChI is InChI=1S/C14H21N5O2S/c1-9-6-19-14(16-9)22-13(17-19)15-5-4-12(20)18-7-10(2)21-11(3)8-18/h6,10-11H,4-5,7-8H2,1-3H3,(H,15,17). The summed E-state index contributed by atoms with van der Waals surface area (Å²) in [5.41, 5.74) is 0.955. The minimum Gasteiger partial charge on any atom is -0.372 e. The quantitative estimate of drug-likeness (QED) is 0.924. The van der Waals surface area contributed by atoms with Crippen LogP contribution in [0.15, 0.2) is 6.20 Å². The van der Waals surface area contributed by atoms with E-state index < -0.39 is 0 Å². The van der Waals surface area contributed by atoms with Crippen molar-refractivity contribution in [2.75, 3.05) is 25.0 Å². The molecule has 2 unspecified atom stereocenters. The molecule has 22 heavy (non-hydrogen) atoms. The Bertz CT molecular complexity index is 626. The normalized spacial score (nSPS) is 22.2. The minimum absolute atomic E-state index is 0.107. The van der Waals surface area contributed by atoms with Crippen molar-refractivity contribution >= 4 is 27.3 Å². The van der Waals surface area contributed by atoms with Crippen LogP contribution in [0.25, 0.3) is 4.96 Å². The maximum atomic E-state index is 12.2. The third kappa shape index (κ3) is 3.38. The number of fused-ring (bicyclic) bond motifs is 1. The average molecular weight is 323 g/mol. The molecule has 2 atom stereocenters. The highest BCUT2D eigenvalue weighted by Crippen LogP contribution is 2.19. The van der Waals surface area contributed by atoms with E-state index in [9.17, 15) is 4.79 Å². The summed E-state index contributed by atoms with van der Waals surface area (Å²) in [4.78, 5) is 19.3. The van der Waals surface area contributed by atoms with E-state index in [0.717, 1.165) is 15.8 Å². The van der Waals surface area contributed by atoms with Gasteiger partial charge in [-0.05, 0) is 20.8 Å². The van der Waals surface area contributed by atoms with Gasteiger partial charge in [-0.25, -0.2) is 9.50 Å². The van der Waals surface area contributed by atoms with E-state index >= 15 is 0 Å². The van der Waals surface area contributed by atoms with Crippen molar-refractivity contribution in [3.63, 3.8) is 0 Å². The molecule has 0 aromatic carbocycles. The van der Waals surface area contributed by atoms with E-state index in [0.29, 0.717) is 26.1 Å². The van der Waals surface area contributed by atoms with E-state index in [-0.39, 0.29) is 18.1 Å². The Hall–Kier alpha value is -1.67. The fraction of sp³-hybridized carbons (Fsp3) is 0.643. The fourth-order valence-corrected chi connectivity index (χ4v) is 3.55. The highest BCUT2D eigenvalue weighted by atomic mass is 32.1. The zero-order valence-corrected chi connectivity index (χ0v) is 13.9. The Labute approximate surface area is 133 Å². The molecule has 0 saturated carbocycles. The summed E-state index contributed by atoms with van der Waals surface area (Å²) in [6, 6.07) is 0. The molecule has 1 saturated heterocycles. The molecule has 0 bridgehead atoms. The number of ether oxygens (including phenoxy) is 1. The lowest BCUT2D eigenvalue weighted by Gasteiger charge is -2.35. The molecular weight excluding hydrogens is 302 g/mol. The van der Waals surface area contributed by atoms with Crippen LogP contribution in [0.1, 0.15) is 26.0 Å².